The molecule has 2 aliphatic rings. The maximum absolute atomic E-state index is 10.8. The van der Waals surface area contributed by atoms with E-state index in [1.165, 1.54) is 24.0 Å². The number of hydrogen-bond acceptors (Lipinski definition) is 3. The Labute approximate surface area is 100 Å². The van der Waals surface area contributed by atoms with Crippen molar-refractivity contribution in [1.82, 2.24) is 5.32 Å². The van der Waals surface area contributed by atoms with E-state index in [-0.39, 0.29) is 10.6 Å². The van der Waals surface area contributed by atoms with E-state index in [0.717, 1.165) is 19.4 Å². The van der Waals surface area contributed by atoms with E-state index in [1.807, 2.05) is 6.07 Å². The molecule has 1 heterocycles. The molecule has 4 heteroatoms. The molecule has 1 fully saturated rings. The quantitative estimate of drug-likeness (QED) is 0.597. The summed E-state index contributed by atoms with van der Waals surface area (Å²) in [5.74, 6) is 0.563. The Kier molecular flexibility index (Phi) is 2.59. The Bertz CT molecular complexity index is 459. The van der Waals surface area contributed by atoms with Gasteiger partial charge < -0.3 is 5.32 Å². The molecule has 1 aliphatic carbocycles. The highest BCUT2D eigenvalue weighted by atomic mass is 16.6. The topological polar surface area (TPSA) is 55.2 Å². The van der Waals surface area contributed by atoms with Crippen LogP contribution in [0.15, 0.2) is 18.2 Å². The van der Waals surface area contributed by atoms with Crippen LogP contribution < -0.4 is 5.32 Å². The number of non-ortho nitro benzene ring substituents is 1. The summed E-state index contributed by atoms with van der Waals surface area (Å²) < 4.78 is 0. The molecule has 0 spiro atoms. The van der Waals surface area contributed by atoms with Gasteiger partial charge in [-0.05, 0) is 49.3 Å². The van der Waals surface area contributed by atoms with Gasteiger partial charge in [-0.25, -0.2) is 0 Å². The molecule has 1 aromatic carbocycles. The van der Waals surface area contributed by atoms with Crippen LogP contribution in [-0.2, 0) is 6.42 Å². The summed E-state index contributed by atoms with van der Waals surface area (Å²) in [6, 6.07) is 5.96. The molecule has 0 saturated carbocycles. The molecule has 17 heavy (non-hydrogen) atoms. The van der Waals surface area contributed by atoms with Gasteiger partial charge in [-0.15, -0.1) is 0 Å². The third kappa shape index (κ3) is 1.82. The number of nitrogens with one attached hydrogen (secondary N) is 1. The molecule has 90 valence electrons. The van der Waals surface area contributed by atoms with E-state index in [4.69, 9.17) is 0 Å². The number of rotatable bonds is 1. The second-order valence-electron chi connectivity index (χ2n) is 4.99. The lowest BCUT2D eigenvalue weighted by atomic mass is 9.75. The van der Waals surface area contributed by atoms with Gasteiger partial charge >= 0.3 is 0 Å². The number of aryl methyl sites for hydroxylation is 1. The minimum absolute atomic E-state index is 0.228. The number of nitro benzene ring substituents is 1. The Morgan fingerprint density at radius 2 is 2.24 bits per heavy atom. The molecule has 1 saturated heterocycles. The van der Waals surface area contributed by atoms with Crippen LogP contribution in [0.1, 0.15) is 36.3 Å². The van der Waals surface area contributed by atoms with Gasteiger partial charge in [-0.1, -0.05) is 6.07 Å². The van der Waals surface area contributed by atoms with E-state index in [1.54, 1.807) is 12.1 Å². The molecule has 1 aliphatic heterocycles. The zero-order chi connectivity index (χ0) is 11.8. The fourth-order valence-electron chi connectivity index (χ4n) is 3.22. The minimum atomic E-state index is -0.300. The first-order valence-corrected chi connectivity index (χ1v) is 6.26. The van der Waals surface area contributed by atoms with Crippen molar-refractivity contribution in [2.24, 2.45) is 0 Å². The molecule has 2 unspecified atom stereocenters. The second kappa shape index (κ2) is 4.11. The predicted octanol–water partition coefficient (Wildman–Crippen LogP) is 2.38. The van der Waals surface area contributed by atoms with E-state index < -0.39 is 0 Å². The molecule has 3 rings (SSSR count). The first kappa shape index (κ1) is 10.7. The first-order chi connectivity index (χ1) is 8.25. The van der Waals surface area contributed by atoms with E-state index in [0.29, 0.717) is 12.0 Å². The highest BCUT2D eigenvalue weighted by Crippen LogP contribution is 2.38. The summed E-state index contributed by atoms with van der Waals surface area (Å²) in [5.41, 5.74) is 2.74. The van der Waals surface area contributed by atoms with Gasteiger partial charge in [0.05, 0.1) is 4.92 Å². The summed E-state index contributed by atoms with van der Waals surface area (Å²) in [4.78, 5) is 10.5. The Hall–Kier alpha value is -1.42. The maximum Gasteiger partial charge on any atom is 0.269 e. The van der Waals surface area contributed by atoms with Crippen LogP contribution in [0, 0.1) is 10.1 Å². The Morgan fingerprint density at radius 3 is 3.06 bits per heavy atom. The van der Waals surface area contributed by atoms with Gasteiger partial charge in [-0.3, -0.25) is 10.1 Å². The van der Waals surface area contributed by atoms with Crippen LogP contribution in [0.25, 0.3) is 0 Å². The van der Waals surface area contributed by atoms with Crippen LogP contribution in [0.2, 0.25) is 0 Å². The van der Waals surface area contributed by atoms with Crippen LogP contribution >= 0.6 is 0 Å². The van der Waals surface area contributed by atoms with Crippen LogP contribution in [0.4, 0.5) is 5.69 Å². The number of nitrogens with zero attached hydrogens (tertiary/aromatic N) is 1. The van der Waals surface area contributed by atoms with Crippen LogP contribution in [-0.4, -0.2) is 17.5 Å². The van der Waals surface area contributed by atoms with E-state index >= 15 is 0 Å². The third-order valence-corrected chi connectivity index (χ3v) is 4.05. The average Bonchev–Trinajstić information content (AvgIpc) is 2.38. The Morgan fingerprint density at radius 1 is 1.35 bits per heavy atom. The fraction of sp³-hybridized carbons (Fsp3) is 0.538. The number of hydrogen-bond donors (Lipinski definition) is 1. The van der Waals surface area contributed by atoms with Gasteiger partial charge in [0.25, 0.3) is 5.69 Å². The summed E-state index contributed by atoms with van der Waals surface area (Å²) >= 11 is 0. The van der Waals surface area contributed by atoms with Crippen molar-refractivity contribution in [2.75, 3.05) is 6.54 Å². The molecule has 0 radical (unpaired) electrons. The van der Waals surface area contributed by atoms with Gasteiger partial charge in [-0.2, -0.15) is 0 Å². The normalized spacial score (nSPS) is 27.1. The van der Waals surface area contributed by atoms with Crippen molar-refractivity contribution in [3.05, 3.63) is 39.4 Å². The molecule has 2 atom stereocenters. The fourth-order valence-corrected chi connectivity index (χ4v) is 3.22. The zero-order valence-corrected chi connectivity index (χ0v) is 9.69. The lowest BCUT2D eigenvalue weighted by molar-refractivity contribution is -0.384. The van der Waals surface area contributed by atoms with Gasteiger partial charge in [0, 0.05) is 18.2 Å². The summed E-state index contributed by atoms with van der Waals surface area (Å²) in [7, 11) is 0. The standard InChI is InChI=1S/C13H16N2O2/c16-15(17)10-4-5-11-9(8-10)3-6-13-12(11)2-1-7-14-13/h4-5,8,12-14H,1-3,6-7H2. The Balaban J connectivity index is 1.97. The lowest BCUT2D eigenvalue weighted by Gasteiger charge is -2.37. The minimum Gasteiger partial charge on any atom is -0.313 e. The summed E-state index contributed by atoms with van der Waals surface area (Å²) in [6.07, 6.45) is 4.49. The third-order valence-electron chi connectivity index (χ3n) is 4.05. The van der Waals surface area contributed by atoms with Crippen LogP contribution in [0.3, 0.4) is 0 Å². The SMILES string of the molecule is O=[N+]([O-])c1ccc2c(c1)CCC1NCCCC21. The molecule has 4 nitrogen and oxygen atoms in total. The molecule has 0 aromatic heterocycles. The molecular formula is C13H16N2O2. The predicted molar refractivity (Wildman–Crippen MR) is 65.2 cm³/mol. The molecule has 0 bridgehead atoms. The maximum atomic E-state index is 10.8. The van der Waals surface area contributed by atoms with Gasteiger partial charge in [0.2, 0.25) is 0 Å². The smallest absolute Gasteiger partial charge is 0.269 e. The zero-order valence-electron chi connectivity index (χ0n) is 9.69. The van der Waals surface area contributed by atoms with Gasteiger partial charge in [0.1, 0.15) is 0 Å². The highest BCUT2D eigenvalue weighted by molar-refractivity contribution is 5.43. The van der Waals surface area contributed by atoms with Crippen molar-refractivity contribution < 1.29 is 4.92 Å². The lowest BCUT2D eigenvalue weighted by Crippen LogP contribution is -2.42. The largest absolute Gasteiger partial charge is 0.313 e. The number of nitro groups is 1. The van der Waals surface area contributed by atoms with Crippen LogP contribution in [0.5, 0.6) is 0 Å². The van der Waals surface area contributed by atoms with Crippen molar-refractivity contribution >= 4 is 5.69 Å². The number of fused-ring (bicyclic) bond motifs is 3. The molecular weight excluding hydrogens is 216 g/mol. The van der Waals surface area contributed by atoms with Crippen molar-refractivity contribution in [1.29, 1.82) is 0 Å². The molecule has 0 amide bonds. The number of benzene rings is 1. The van der Waals surface area contributed by atoms with E-state index in [9.17, 15) is 10.1 Å². The van der Waals surface area contributed by atoms with Gasteiger partial charge in [0.15, 0.2) is 0 Å². The van der Waals surface area contributed by atoms with E-state index in [2.05, 4.69) is 5.32 Å². The van der Waals surface area contributed by atoms with Crippen molar-refractivity contribution in [2.45, 2.75) is 37.6 Å². The van der Waals surface area contributed by atoms with Crippen molar-refractivity contribution in [3.8, 4) is 0 Å². The summed E-state index contributed by atoms with van der Waals surface area (Å²) in [5, 5.41) is 14.3. The second-order valence-corrected chi connectivity index (χ2v) is 4.99. The highest BCUT2D eigenvalue weighted by Gasteiger charge is 2.31. The molecule has 1 N–H and O–H groups in total. The first-order valence-electron chi connectivity index (χ1n) is 6.26. The average molecular weight is 232 g/mol. The van der Waals surface area contributed by atoms with Crippen molar-refractivity contribution in [3.63, 3.8) is 0 Å². The number of piperidine rings is 1. The molecule has 1 aromatic rings. The summed E-state index contributed by atoms with van der Waals surface area (Å²) in [6.45, 7) is 1.11. The monoisotopic (exact) mass is 232 g/mol.